The number of benzene rings is 1. The number of likely N-dealkylation sites (N-methyl/N-ethyl adjacent to an activating group) is 1. The summed E-state index contributed by atoms with van der Waals surface area (Å²) in [4.78, 5) is 4.76. The third-order valence-corrected chi connectivity index (χ3v) is 4.22. The average molecular weight is 307 g/mol. The Morgan fingerprint density at radius 1 is 1.18 bits per heavy atom. The van der Waals surface area contributed by atoms with Crippen LogP contribution < -0.4 is 10.6 Å². The van der Waals surface area contributed by atoms with Gasteiger partial charge in [-0.3, -0.25) is 4.90 Å². The van der Waals surface area contributed by atoms with Crippen LogP contribution in [0, 0.1) is 6.92 Å². The van der Waals surface area contributed by atoms with Gasteiger partial charge in [-0.2, -0.15) is 0 Å². The topological polar surface area (TPSA) is 52.7 Å². The first-order valence-electron chi connectivity index (χ1n) is 8.06. The summed E-state index contributed by atoms with van der Waals surface area (Å²) in [6.07, 6.45) is -0.259. The van der Waals surface area contributed by atoms with Gasteiger partial charge in [0, 0.05) is 44.1 Å². The minimum atomic E-state index is -0.259. The number of piperazine rings is 1. The molecule has 0 aliphatic carbocycles. The van der Waals surface area contributed by atoms with Gasteiger partial charge in [0.15, 0.2) is 0 Å². The molecular formula is C17H31N4O+. The van der Waals surface area contributed by atoms with E-state index in [-0.39, 0.29) is 6.10 Å². The lowest BCUT2D eigenvalue weighted by molar-refractivity contribution is -0.873. The summed E-state index contributed by atoms with van der Waals surface area (Å²) in [6.45, 7) is 7.61. The smallest absolute Gasteiger partial charge is 0.115 e. The minimum absolute atomic E-state index is 0.259. The zero-order valence-corrected chi connectivity index (χ0v) is 14.4. The molecule has 0 amide bonds. The van der Waals surface area contributed by atoms with Crippen molar-refractivity contribution < 1.29 is 9.59 Å². The van der Waals surface area contributed by atoms with Gasteiger partial charge in [0.05, 0.1) is 21.1 Å². The Hall–Kier alpha value is -1.30. The van der Waals surface area contributed by atoms with Crippen molar-refractivity contribution >= 4 is 11.4 Å². The van der Waals surface area contributed by atoms with Crippen molar-refractivity contribution in [1.82, 2.24) is 4.90 Å². The Morgan fingerprint density at radius 3 is 2.36 bits per heavy atom. The van der Waals surface area contributed by atoms with E-state index in [2.05, 4.69) is 50.0 Å². The molecule has 0 spiro atoms. The van der Waals surface area contributed by atoms with Gasteiger partial charge in [-0.25, -0.2) is 0 Å². The van der Waals surface area contributed by atoms with Crippen molar-refractivity contribution in [2.45, 2.75) is 13.0 Å². The Morgan fingerprint density at radius 2 is 1.82 bits per heavy atom. The summed E-state index contributed by atoms with van der Waals surface area (Å²) >= 11 is 0. The van der Waals surface area contributed by atoms with Crippen molar-refractivity contribution in [1.29, 1.82) is 0 Å². The Balaban J connectivity index is 1.84. The molecule has 1 atom stereocenters. The van der Waals surface area contributed by atoms with Gasteiger partial charge < -0.3 is 20.2 Å². The Labute approximate surface area is 134 Å². The van der Waals surface area contributed by atoms with E-state index in [1.807, 2.05) is 6.07 Å². The molecule has 1 heterocycles. The van der Waals surface area contributed by atoms with Crippen molar-refractivity contribution in [3.63, 3.8) is 0 Å². The summed E-state index contributed by atoms with van der Waals surface area (Å²) in [7, 11) is 6.35. The molecule has 1 aliphatic rings. The van der Waals surface area contributed by atoms with Gasteiger partial charge in [-0.15, -0.1) is 0 Å². The van der Waals surface area contributed by atoms with E-state index >= 15 is 0 Å². The molecule has 3 N–H and O–H groups in total. The monoisotopic (exact) mass is 307 g/mol. The predicted octanol–water partition coefficient (Wildman–Crippen LogP) is 0.766. The largest absolute Gasteiger partial charge is 0.399 e. The first kappa shape index (κ1) is 17.1. The fourth-order valence-corrected chi connectivity index (χ4v) is 3.03. The second-order valence-electron chi connectivity index (χ2n) is 7.46. The van der Waals surface area contributed by atoms with Crippen molar-refractivity contribution in [3.05, 3.63) is 23.8 Å². The summed E-state index contributed by atoms with van der Waals surface area (Å²) in [5.41, 5.74) is 9.13. The summed E-state index contributed by atoms with van der Waals surface area (Å²) in [5, 5.41) is 10.2. The second-order valence-corrected chi connectivity index (χ2v) is 7.46. The molecule has 5 heteroatoms. The molecule has 124 valence electrons. The molecule has 1 unspecified atom stereocenters. The standard InChI is InChI=1S/C17H31N4O/c1-14-11-15(5-6-17(14)18)20-9-7-19(8-10-20)12-16(22)13-21(2,3)4/h5-6,11,16,22H,7-10,12-13,18H2,1-4H3/q+1. The van der Waals surface area contributed by atoms with Crippen LogP contribution in [0.1, 0.15) is 5.56 Å². The zero-order chi connectivity index (χ0) is 16.3. The van der Waals surface area contributed by atoms with E-state index in [4.69, 9.17) is 5.73 Å². The van der Waals surface area contributed by atoms with Crippen LogP contribution in [0.25, 0.3) is 0 Å². The number of hydrogen-bond acceptors (Lipinski definition) is 4. The van der Waals surface area contributed by atoms with Crippen LogP contribution in [0.4, 0.5) is 11.4 Å². The van der Waals surface area contributed by atoms with Crippen LogP contribution >= 0.6 is 0 Å². The second kappa shape index (κ2) is 6.86. The van der Waals surface area contributed by atoms with Crippen molar-refractivity contribution in [2.75, 3.05) is 71.0 Å². The molecule has 22 heavy (non-hydrogen) atoms. The number of nitrogens with zero attached hydrogens (tertiary/aromatic N) is 3. The van der Waals surface area contributed by atoms with Crippen LogP contribution in [0.2, 0.25) is 0 Å². The molecule has 1 aliphatic heterocycles. The van der Waals surface area contributed by atoms with Gasteiger partial charge in [0.2, 0.25) is 0 Å². The summed E-state index contributed by atoms with van der Waals surface area (Å²) < 4.78 is 0.797. The van der Waals surface area contributed by atoms with Gasteiger partial charge in [0.25, 0.3) is 0 Å². The van der Waals surface area contributed by atoms with Gasteiger partial charge in [-0.05, 0) is 30.7 Å². The normalized spacial score (nSPS) is 18.5. The molecule has 1 saturated heterocycles. The van der Waals surface area contributed by atoms with E-state index < -0.39 is 0 Å². The highest BCUT2D eigenvalue weighted by atomic mass is 16.3. The summed E-state index contributed by atoms with van der Waals surface area (Å²) in [5.74, 6) is 0. The Bertz CT molecular complexity index is 490. The lowest BCUT2D eigenvalue weighted by atomic mass is 10.1. The number of anilines is 2. The fourth-order valence-electron chi connectivity index (χ4n) is 3.03. The van der Waals surface area contributed by atoms with Crippen LogP contribution in [0.3, 0.4) is 0 Å². The lowest BCUT2D eigenvalue weighted by Gasteiger charge is -2.37. The highest BCUT2D eigenvalue weighted by molar-refractivity contribution is 5.58. The van der Waals surface area contributed by atoms with Gasteiger partial charge >= 0.3 is 0 Å². The van der Waals surface area contributed by atoms with E-state index in [1.165, 1.54) is 5.69 Å². The molecule has 2 rings (SSSR count). The molecule has 1 aromatic carbocycles. The lowest BCUT2D eigenvalue weighted by Crippen LogP contribution is -2.51. The number of nitrogen functional groups attached to an aromatic ring is 1. The number of quaternary nitrogens is 1. The van der Waals surface area contributed by atoms with Gasteiger partial charge in [0.1, 0.15) is 12.6 Å². The molecular weight excluding hydrogens is 276 g/mol. The molecule has 0 radical (unpaired) electrons. The van der Waals surface area contributed by atoms with Gasteiger partial charge in [-0.1, -0.05) is 0 Å². The molecule has 1 aromatic rings. The number of hydrogen-bond donors (Lipinski definition) is 2. The highest BCUT2D eigenvalue weighted by Gasteiger charge is 2.22. The number of β-amino-alcohol motifs (C(OH)–C–C–N with tert-alkyl or cyclic N) is 1. The highest BCUT2D eigenvalue weighted by Crippen LogP contribution is 2.21. The third kappa shape index (κ3) is 4.87. The maximum absolute atomic E-state index is 10.2. The van der Waals surface area contributed by atoms with Crippen molar-refractivity contribution in [3.8, 4) is 0 Å². The quantitative estimate of drug-likeness (QED) is 0.623. The number of nitrogens with two attached hydrogens (primary N) is 1. The van der Waals surface area contributed by atoms with Crippen LogP contribution in [0.15, 0.2) is 18.2 Å². The summed E-state index contributed by atoms with van der Waals surface area (Å²) in [6, 6.07) is 6.25. The molecule has 0 saturated carbocycles. The van der Waals surface area contributed by atoms with E-state index in [1.54, 1.807) is 0 Å². The maximum atomic E-state index is 10.2. The number of aliphatic hydroxyl groups is 1. The SMILES string of the molecule is Cc1cc(N2CCN(CC(O)C[N+](C)(C)C)CC2)ccc1N. The molecule has 5 nitrogen and oxygen atoms in total. The zero-order valence-electron chi connectivity index (χ0n) is 14.4. The van der Waals surface area contributed by atoms with Crippen LogP contribution in [-0.2, 0) is 0 Å². The van der Waals surface area contributed by atoms with E-state index in [9.17, 15) is 5.11 Å². The average Bonchev–Trinajstić information content (AvgIpc) is 2.40. The molecule has 0 bridgehead atoms. The first-order valence-corrected chi connectivity index (χ1v) is 8.06. The third-order valence-electron chi connectivity index (χ3n) is 4.22. The molecule has 0 aromatic heterocycles. The van der Waals surface area contributed by atoms with Crippen LogP contribution in [-0.4, -0.2) is 81.0 Å². The fraction of sp³-hybridized carbons (Fsp3) is 0.647. The number of aliphatic hydroxyl groups excluding tert-OH is 1. The Kier molecular flexibility index (Phi) is 5.32. The molecule has 1 fully saturated rings. The minimum Gasteiger partial charge on any atom is -0.399 e. The predicted molar refractivity (Wildman–Crippen MR) is 93.2 cm³/mol. The number of aryl methyl sites for hydroxylation is 1. The van der Waals surface area contributed by atoms with Crippen molar-refractivity contribution in [2.24, 2.45) is 0 Å². The van der Waals surface area contributed by atoms with E-state index in [0.29, 0.717) is 0 Å². The van der Waals surface area contributed by atoms with Crippen LogP contribution in [0.5, 0.6) is 0 Å². The number of rotatable bonds is 5. The maximum Gasteiger partial charge on any atom is 0.115 e. The van der Waals surface area contributed by atoms with E-state index in [0.717, 1.165) is 55.0 Å². The first-order chi connectivity index (χ1) is 10.2.